The van der Waals surface area contributed by atoms with Crippen LogP contribution in [0.3, 0.4) is 0 Å². The minimum absolute atomic E-state index is 0.00648. The summed E-state index contributed by atoms with van der Waals surface area (Å²) in [4.78, 5) is 50.5. The minimum atomic E-state index is -0.751. The predicted molar refractivity (Wildman–Crippen MR) is 106 cm³/mol. The Morgan fingerprint density at radius 2 is 1.80 bits per heavy atom. The number of ether oxygens (including phenoxy) is 2. The lowest BCUT2D eigenvalue weighted by molar-refractivity contribution is 0.0594. The number of rotatable bonds is 7. The van der Waals surface area contributed by atoms with Crippen LogP contribution in [0, 0.1) is 0 Å². The molecule has 0 saturated carbocycles. The van der Waals surface area contributed by atoms with Crippen molar-refractivity contribution in [1.29, 1.82) is 0 Å². The van der Waals surface area contributed by atoms with Gasteiger partial charge in [0.1, 0.15) is 5.56 Å². The summed E-state index contributed by atoms with van der Waals surface area (Å²) in [6.45, 7) is 0.630. The van der Waals surface area contributed by atoms with Crippen molar-refractivity contribution in [2.24, 2.45) is 0 Å². The summed E-state index contributed by atoms with van der Waals surface area (Å²) in [6, 6.07) is 8.42. The predicted octanol–water partition coefficient (Wildman–Crippen LogP) is 2.06. The Bertz CT molecular complexity index is 1030. The van der Waals surface area contributed by atoms with E-state index in [-0.39, 0.29) is 34.5 Å². The molecule has 0 atom stereocenters. The zero-order valence-electron chi connectivity index (χ0n) is 16.4. The first-order valence-electron chi connectivity index (χ1n) is 9.09. The van der Waals surface area contributed by atoms with Crippen LogP contribution in [0.4, 0.5) is 5.69 Å². The second-order valence-corrected chi connectivity index (χ2v) is 6.52. The lowest BCUT2D eigenvalue weighted by Gasteiger charge is -2.12. The quantitative estimate of drug-likeness (QED) is 0.309. The number of anilines is 1. The lowest BCUT2D eigenvalue weighted by Crippen LogP contribution is -2.31. The van der Waals surface area contributed by atoms with E-state index >= 15 is 0 Å². The summed E-state index contributed by atoms with van der Waals surface area (Å²) >= 11 is 0. The molecule has 1 aliphatic heterocycles. The number of benzene rings is 2. The number of nitrogens with one attached hydrogen (secondary N) is 1. The van der Waals surface area contributed by atoms with E-state index in [9.17, 15) is 24.3 Å². The van der Waals surface area contributed by atoms with E-state index in [1.165, 1.54) is 50.6 Å². The number of carbonyl (C=O) groups excluding carboxylic acids is 4. The smallest absolute Gasteiger partial charge is 0.341 e. The summed E-state index contributed by atoms with van der Waals surface area (Å²) < 4.78 is 9.53. The number of para-hydroxylation sites is 1. The molecule has 0 radical (unpaired) electrons. The van der Waals surface area contributed by atoms with Crippen molar-refractivity contribution < 1.29 is 33.8 Å². The van der Waals surface area contributed by atoms with Crippen LogP contribution in [0.25, 0.3) is 0 Å². The van der Waals surface area contributed by atoms with Gasteiger partial charge in [-0.15, -0.1) is 0 Å². The largest absolute Gasteiger partial charge is 0.505 e. The summed E-state index contributed by atoms with van der Waals surface area (Å²) in [5.41, 5.74) is 0.391. The first kappa shape index (κ1) is 21.0. The molecule has 3 rings (SSSR count). The van der Waals surface area contributed by atoms with Crippen LogP contribution in [0.1, 0.15) is 47.9 Å². The zero-order chi connectivity index (χ0) is 21.8. The molecule has 1 aliphatic rings. The van der Waals surface area contributed by atoms with Gasteiger partial charge < -0.3 is 19.9 Å². The van der Waals surface area contributed by atoms with Crippen molar-refractivity contribution in [3.63, 3.8) is 0 Å². The fourth-order valence-electron chi connectivity index (χ4n) is 3.12. The normalized spacial score (nSPS) is 12.7. The highest BCUT2D eigenvalue weighted by Gasteiger charge is 2.35. The molecule has 0 aromatic heterocycles. The fourth-order valence-corrected chi connectivity index (χ4v) is 3.12. The van der Waals surface area contributed by atoms with Crippen molar-refractivity contribution >= 4 is 29.4 Å². The number of hydrogen-bond acceptors (Lipinski definition) is 7. The van der Waals surface area contributed by atoms with Crippen LogP contribution in [-0.4, -0.2) is 61.1 Å². The number of imide groups is 1. The molecule has 0 saturated heterocycles. The average Bonchev–Trinajstić information content (AvgIpc) is 2.99. The third kappa shape index (κ3) is 3.87. The SMILES string of the molecule is COCCCN1C(=O)c2ccc(C(=O)Nc3cccc(C(=O)OC)c3O)cc2C1=O. The third-order valence-electron chi connectivity index (χ3n) is 4.65. The maximum atomic E-state index is 12.6. The Kier molecular flexibility index (Phi) is 6.12. The number of methoxy groups -OCH3 is 2. The van der Waals surface area contributed by atoms with E-state index < -0.39 is 29.4 Å². The van der Waals surface area contributed by atoms with Gasteiger partial charge in [-0.2, -0.15) is 0 Å². The molecule has 1 heterocycles. The van der Waals surface area contributed by atoms with E-state index in [1.807, 2.05) is 0 Å². The highest BCUT2D eigenvalue weighted by Crippen LogP contribution is 2.29. The van der Waals surface area contributed by atoms with Crippen molar-refractivity contribution in [3.8, 4) is 5.75 Å². The molecule has 30 heavy (non-hydrogen) atoms. The molecule has 9 heteroatoms. The molecule has 0 unspecified atom stereocenters. The number of fused-ring (bicyclic) bond motifs is 1. The number of esters is 1. The van der Waals surface area contributed by atoms with Crippen LogP contribution in [0.2, 0.25) is 0 Å². The second-order valence-electron chi connectivity index (χ2n) is 6.52. The maximum absolute atomic E-state index is 12.6. The number of phenolic OH excluding ortho intramolecular Hbond substituents is 1. The summed E-state index contributed by atoms with van der Waals surface area (Å²) in [5, 5.41) is 12.7. The summed E-state index contributed by atoms with van der Waals surface area (Å²) in [6.07, 6.45) is 0.505. The highest BCUT2D eigenvalue weighted by molar-refractivity contribution is 6.22. The van der Waals surface area contributed by atoms with Crippen molar-refractivity contribution in [1.82, 2.24) is 4.90 Å². The van der Waals surface area contributed by atoms with Gasteiger partial charge in [-0.25, -0.2) is 4.79 Å². The average molecular weight is 412 g/mol. The van der Waals surface area contributed by atoms with E-state index in [4.69, 9.17) is 4.74 Å². The van der Waals surface area contributed by atoms with Crippen molar-refractivity contribution in [2.45, 2.75) is 6.42 Å². The molecule has 9 nitrogen and oxygen atoms in total. The monoisotopic (exact) mass is 412 g/mol. The highest BCUT2D eigenvalue weighted by atomic mass is 16.5. The molecule has 2 aromatic carbocycles. The van der Waals surface area contributed by atoms with Crippen molar-refractivity contribution in [2.75, 3.05) is 32.7 Å². The summed E-state index contributed by atoms with van der Waals surface area (Å²) in [7, 11) is 2.71. The molecule has 0 spiro atoms. The van der Waals surface area contributed by atoms with Gasteiger partial charge in [-0.1, -0.05) is 6.07 Å². The Labute approximate surface area is 172 Å². The van der Waals surface area contributed by atoms with Crippen LogP contribution in [0.15, 0.2) is 36.4 Å². The molecule has 0 bridgehead atoms. The number of hydrogen-bond donors (Lipinski definition) is 2. The van der Waals surface area contributed by atoms with E-state index in [0.29, 0.717) is 13.0 Å². The van der Waals surface area contributed by atoms with Gasteiger partial charge in [-0.3, -0.25) is 19.3 Å². The topological polar surface area (TPSA) is 122 Å². The number of carbonyl (C=O) groups is 4. The van der Waals surface area contributed by atoms with Crippen LogP contribution in [-0.2, 0) is 9.47 Å². The van der Waals surface area contributed by atoms with Gasteiger partial charge in [0.05, 0.1) is 23.9 Å². The van der Waals surface area contributed by atoms with Crippen LogP contribution < -0.4 is 5.32 Å². The first-order chi connectivity index (χ1) is 14.4. The van der Waals surface area contributed by atoms with Gasteiger partial charge in [0.2, 0.25) is 0 Å². The number of aromatic hydroxyl groups is 1. The lowest BCUT2D eigenvalue weighted by atomic mass is 10.0. The standard InChI is InChI=1S/C21H20N2O7/c1-29-10-4-9-23-19(26)13-8-7-12(11-15(13)20(23)27)18(25)22-16-6-3-5-14(17(16)24)21(28)30-2/h3,5-8,11,24H,4,9-10H2,1-2H3,(H,22,25). The molecule has 2 aromatic rings. The Morgan fingerprint density at radius 3 is 2.50 bits per heavy atom. The molecule has 0 fully saturated rings. The Morgan fingerprint density at radius 1 is 1.07 bits per heavy atom. The van der Waals surface area contributed by atoms with Gasteiger partial charge in [0.25, 0.3) is 17.7 Å². The Balaban J connectivity index is 1.81. The second kappa shape index (κ2) is 8.75. The Hall–Kier alpha value is -3.72. The number of phenols is 1. The minimum Gasteiger partial charge on any atom is -0.505 e. The number of amides is 3. The van der Waals surface area contributed by atoms with Crippen molar-refractivity contribution in [3.05, 3.63) is 58.7 Å². The van der Waals surface area contributed by atoms with Crippen LogP contribution >= 0.6 is 0 Å². The first-order valence-corrected chi connectivity index (χ1v) is 9.09. The zero-order valence-corrected chi connectivity index (χ0v) is 16.4. The van der Waals surface area contributed by atoms with Crippen LogP contribution in [0.5, 0.6) is 5.75 Å². The molecular formula is C21H20N2O7. The van der Waals surface area contributed by atoms with Gasteiger partial charge in [0.15, 0.2) is 5.75 Å². The molecule has 156 valence electrons. The van der Waals surface area contributed by atoms with Gasteiger partial charge >= 0.3 is 5.97 Å². The molecule has 3 amide bonds. The fraction of sp³-hybridized carbons (Fsp3) is 0.238. The third-order valence-corrected chi connectivity index (χ3v) is 4.65. The summed E-state index contributed by atoms with van der Waals surface area (Å²) in [5.74, 6) is -2.70. The van der Waals surface area contributed by atoms with E-state index in [2.05, 4.69) is 10.1 Å². The molecular weight excluding hydrogens is 392 g/mol. The number of nitrogens with zero attached hydrogens (tertiary/aromatic N) is 1. The maximum Gasteiger partial charge on any atom is 0.341 e. The molecule has 2 N–H and O–H groups in total. The molecule has 0 aliphatic carbocycles. The van der Waals surface area contributed by atoms with Gasteiger partial charge in [-0.05, 0) is 36.8 Å². The van der Waals surface area contributed by atoms with E-state index in [1.54, 1.807) is 0 Å². The van der Waals surface area contributed by atoms with E-state index in [0.717, 1.165) is 4.90 Å². The van der Waals surface area contributed by atoms with Gasteiger partial charge in [0, 0.05) is 25.8 Å².